The van der Waals surface area contributed by atoms with Crippen molar-refractivity contribution < 1.29 is 5.11 Å². The highest BCUT2D eigenvalue weighted by Crippen LogP contribution is 2.28. The molecular formula is C13H10BrClO. The number of halogens is 2. The molecule has 1 atom stereocenters. The van der Waals surface area contributed by atoms with Gasteiger partial charge in [0.1, 0.15) is 6.10 Å². The van der Waals surface area contributed by atoms with Crippen LogP contribution in [0.15, 0.2) is 53.0 Å². The summed E-state index contributed by atoms with van der Waals surface area (Å²) in [4.78, 5) is 0. The predicted molar refractivity (Wildman–Crippen MR) is 69.7 cm³/mol. The van der Waals surface area contributed by atoms with Gasteiger partial charge in [0.25, 0.3) is 0 Å². The highest BCUT2D eigenvalue weighted by molar-refractivity contribution is 9.10. The quantitative estimate of drug-likeness (QED) is 0.881. The Labute approximate surface area is 108 Å². The van der Waals surface area contributed by atoms with Gasteiger partial charge in [0.15, 0.2) is 0 Å². The van der Waals surface area contributed by atoms with Gasteiger partial charge in [-0.05, 0) is 29.3 Å². The number of aliphatic hydroxyl groups excluding tert-OH is 1. The lowest BCUT2D eigenvalue weighted by atomic mass is 10.0. The number of aliphatic hydroxyl groups is 1. The van der Waals surface area contributed by atoms with E-state index in [1.54, 1.807) is 12.1 Å². The van der Waals surface area contributed by atoms with Crippen LogP contribution in [-0.4, -0.2) is 5.11 Å². The fraction of sp³-hybridized carbons (Fsp3) is 0.0769. The van der Waals surface area contributed by atoms with E-state index in [0.29, 0.717) is 5.02 Å². The molecule has 0 amide bonds. The van der Waals surface area contributed by atoms with Crippen molar-refractivity contribution in [2.45, 2.75) is 6.10 Å². The molecule has 0 saturated carbocycles. The van der Waals surface area contributed by atoms with Crippen LogP contribution in [0.1, 0.15) is 17.2 Å². The van der Waals surface area contributed by atoms with Gasteiger partial charge >= 0.3 is 0 Å². The molecule has 16 heavy (non-hydrogen) atoms. The van der Waals surface area contributed by atoms with E-state index < -0.39 is 6.10 Å². The maximum Gasteiger partial charge on any atom is 0.105 e. The Kier molecular flexibility index (Phi) is 3.64. The van der Waals surface area contributed by atoms with Crippen LogP contribution >= 0.6 is 27.5 Å². The standard InChI is InChI=1S/C13H10BrClO/c14-12-4-2-1-3-11(12)13(16)9-5-7-10(15)8-6-9/h1-8,13,16H. The zero-order valence-electron chi connectivity index (χ0n) is 8.40. The Balaban J connectivity index is 2.35. The second-order valence-corrected chi connectivity index (χ2v) is 4.77. The van der Waals surface area contributed by atoms with E-state index in [2.05, 4.69) is 15.9 Å². The van der Waals surface area contributed by atoms with Crippen LogP contribution in [0.5, 0.6) is 0 Å². The summed E-state index contributed by atoms with van der Waals surface area (Å²) in [7, 11) is 0. The minimum Gasteiger partial charge on any atom is -0.384 e. The molecule has 2 aromatic rings. The van der Waals surface area contributed by atoms with Crippen molar-refractivity contribution in [2.24, 2.45) is 0 Å². The summed E-state index contributed by atoms with van der Waals surface area (Å²) in [5.41, 5.74) is 1.68. The summed E-state index contributed by atoms with van der Waals surface area (Å²) in [6.45, 7) is 0. The lowest BCUT2D eigenvalue weighted by Crippen LogP contribution is -2.00. The summed E-state index contributed by atoms with van der Waals surface area (Å²) in [5, 5.41) is 10.9. The molecule has 0 fully saturated rings. The van der Waals surface area contributed by atoms with Crippen LogP contribution in [0.25, 0.3) is 0 Å². The maximum absolute atomic E-state index is 10.2. The average Bonchev–Trinajstić information content (AvgIpc) is 2.30. The third-order valence-electron chi connectivity index (χ3n) is 2.39. The van der Waals surface area contributed by atoms with E-state index in [1.165, 1.54) is 0 Å². The second kappa shape index (κ2) is 5.00. The summed E-state index contributed by atoms with van der Waals surface area (Å²) < 4.78 is 0.900. The molecule has 2 aromatic carbocycles. The number of hydrogen-bond acceptors (Lipinski definition) is 1. The number of rotatable bonds is 2. The zero-order chi connectivity index (χ0) is 11.5. The maximum atomic E-state index is 10.2. The van der Waals surface area contributed by atoms with Crippen LogP contribution in [0.3, 0.4) is 0 Å². The molecule has 0 bridgehead atoms. The first-order valence-corrected chi connectivity index (χ1v) is 6.03. The predicted octanol–water partition coefficient (Wildman–Crippen LogP) is 4.18. The minimum atomic E-state index is -0.632. The van der Waals surface area contributed by atoms with Gasteiger partial charge in [-0.2, -0.15) is 0 Å². The van der Waals surface area contributed by atoms with Crippen LogP contribution in [0.4, 0.5) is 0 Å². The Morgan fingerprint density at radius 1 is 1.00 bits per heavy atom. The molecule has 0 aliphatic carbocycles. The molecule has 0 saturated heterocycles. The molecule has 0 aliphatic rings. The molecule has 0 aliphatic heterocycles. The normalized spacial score (nSPS) is 12.4. The number of benzene rings is 2. The Morgan fingerprint density at radius 2 is 1.62 bits per heavy atom. The summed E-state index contributed by atoms with van der Waals surface area (Å²) in [6, 6.07) is 14.8. The SMILES string of the molecule is OC(c1ccc(Cl)cc1)c1ccccc1Br. The minimum absolute atomic E-state index is 0.632. The van der Waals surface area contributed by atoms with Crippen LogP contribution < -0.4 is 0 Å². The number of hydrogen-bond donors (Lipinski definition) is 1. The fourth-order valence-electron chi connectivity index (χ4n) is 1.52. The molecule has 1 nitrogen and oxygen atoms in total. The van der Waals surface area contributed by atoms with Gasteiger partial charge < -0.3 is 5.11 Å². The molecule has 82 valence electrons. The van der Waals surface area contributed by atoms with E-state index in [1.807, 2.05) is 36.4 Å². The molecular weight excluding hydrogens is 287 g/mol. The van der Waals surface area contributed by atoms with Gasteiger partial charge in [0.2, 0.25) is 0 Å². The van der Waals surface area contributed by atoms with E-state index >= 15 is 0 Å². The zero-order valence-corrected chi connectivity index (χ0v) is 10.7. The van der Waals surface area contributed by atoms with Crippen molar-refractivity contribution in [3.05, 3.63) is 69.2 Å². The van der Waals surface area contributed by atoms with E-state index in [9.17, 15) is 5.11 Å². The molecule has 3 heteroatoms. The fourth-order valence-corrected chi connectivity index (χ4v) is 2.15. The van der Waals surface area contributed by atoms with Gasteiger partial charge in [-0.15, -0.1) is 0 Å². The van der Waals surface area contributed by atoms with Gasteiger partial charge in [0.05, 0.1) is 0 Å². The van der Waals surface area contributed by atoms with Crippen molar-refractivity contribution in [2.75, 3.05) is 0 Å². The molecule has 1 N–H and O–H groups in total. The lowest BCUT2D eigenvalue weighted by Gasteiger charge is -2.13. The summed E-state index contributed by atoms with van der Waals surface area (Å²) in [5.74, 6) is 0. The van der Waals surface area contributed by atoms with Crippen molar-refractivity contribution in [3.63, 3.8) is 0 Å². The molecule has 0 aromatic heterocycles. The Bertz CT molecular complexity index is 482. The van der Waals surface area contributed by atoms with Crippen molar-refractivity contribution in [1.29, 1.82) is 0 Å². The molecule has 0 radical (unpaired) electrons. The Hall–Kier alpha value is -0.830. The topological polar surface area (TPSA) is 20.2 Å². The molecule has 0 heterocycles. The third-order valence-corrected chi connectivity index (χ3v) is 3.36. The van der Waals surface area contributed by atoms with Crippen LogP contribution in [-0.2, 0) is 0 Å². The summed E-state index contributed by atoms with van der Waals surface area (Å²) >= 11 is 9.23. The molecule has 1 unspecified atom stereocenters. The Morgan fingerprint density at radius 3 is 2.25 bits per heavy atom. The monoisotopic (exact) mass is 296 g/mol. The van der Waals surface area contributed by atoms with E-state index in [0.717, 1.165) is 15.6 Å². The van der Waals surface area contributed by atoms with Crippen molar-refractivity contribution in [1.82, 2.24) is 0 Å². The average molecular weight is 298 g/mol. The van der Waals surface area contributed by atoms with Gasteiger partial charge in [-0.1, -0.05) is 57.9 Å². The smallest absolute Gasteiger partial charge is 0.105 e. The van der Waals surface area contributed by atoms with Gasteiger partial charge in [0, 0.05) is 9.50 Å². The molecule has 2 rings (SSSR count). The third kappa shape index (κ3) is 2.46. The second-order valence-electron chi connectivity index (χ2n) is 3.48. The van der Waals surface area contributed by atoms with Crippen LogP contribution in [0, 0.1) is 0 Å². The van der Waals surface area contributed by atoms with E-state index in [4.69, 9.17) is 11.6 Å². The largest absolute Gasteiger partial charge is 0.384 e. The lowest BCUT2D eigenvalue weighted by molar-refractivity contribution is 0.219. The first-order valence-electron chi connectivity index (χ1n) is 4.86. The molecule has 0 spiro atoms. The first kappa shape index (κ1) is 11.6. The highest BCUT2D eigenvalue weighted by atomic mass is 79.9. The van der Waals surface area contributed by atoms with E-state index in [-0.39, 0.29) is 0 Å². The van der Waals surface area contributed by atoms with Crippen molar-refractivity contribution >= 4 is 27.5 Å². The van der Waals surface area contributed by atoms with Gasteiger partial charge in [-0.3, -0.25) is 0 Å². The van der Waals surface area contributed by atoms with Crippen molar-refractivity contribution in [3.8, 4) is 0 Å². The van der Waals surface area contributed by atoms with Crippen LogP contribution in [0.2, 0.25) is 5.02 Å². The summed E-state index contributed by atoms with van der Waals surface area (Å²) in [6.07, 6.45) is -0.632. The first-order chi connectivity index (χ1) is 7.68. The highest BCUT2D eigenvalue weighted by Gasteiger charge is 2.12. The van der Waals surface area contributed by atoms with Gasteiger partial charge in [-0.25, -0.2) is 0 Å².